The summed E-state index contributed by atoms with van der Waals surface area (Å²) in [5.41, 5.74) is 2.80. The van der Waals surface area contributed by atoms with Gasteiger partial charge >= 0.3 is 0 Å². The van der Waals surface area contributed by atoms with Crippen LogP contribution < -0.4 is 0 Å². The van der Waals surface area contributed by atoms with Crippen LogP contribution >= 0.6 is 0 Å². The fourth-order valence-electron chi connectivity index (χ4n) is 2.50. The maximum absolute atomic E-state index is 13.2. The topological polar surface area (TPSA) is 0 Å². The van der Waals surface area contributed by atoms with Crippen molar-refractivity contribution in [2.75, 3.05) is 0 Å². The van der Waals surface area contributed by atoms with Crippen molar-refractivity contribution < 1.29 is 4.39 Å². The van der Waals surface area contributed by atoms with Crippen molar-refractivity contribution in [1.82, 2.24) is 0 Å². The lowest BCUT2D eigenvalue weighted by molar-refractivity contribution is 0.379. The van der Waals surface area contributed by atoms with Crippen molar-refractivity contribution in [3.63, 3.8) is 0 Å². The molecule has 0 aliphatic heterocycles. The quantitative estimate of drug-likeness (QED) is 0.634. The molecule has 0 bridgehead atoms. The monoisotopic (exact) mass is 192 g/mol. The molecular weight excluding hydrogens is 175 g/mol. The largest absolute Gasteiger partial charge is 0.207 e. The molecule has 0 heterocycles. The van der Waals surface area contributed by atoms with Gasteiger partial charge < -0.3 is 0 Å². The van der Waals surface area contributed by atoms with Gasteiger partial charge in [0, 0.05) is 0 Å². The molecule has 1 atom stereocenters. The van der Waals surface area contributed by atoms with E-state index in [0.717, 1.165) is 12.8 Å². The zero-order valence-electron chi connectivity index (χ0n) is 8.94. The molecule has 0 amide bonds. The highest BCUT2D eigenvalue weighted by Crippen LogP contribution is 2.39. The van der Waals surface area contributed by atoms with Gasteiger partial charge in [-0.05, 0) is 54.4 Å². The summed E-state index contributed by atoms with van der Waals surface area (Å²) in [6, 6.07) is 5.27. The Morgan fingerprint density at radius 1 is 1.43 bits per heavy atom. The maximum Gasteiger partial charge on any atom is 0.123 e. The van der Waals surface area contributed by atoms with Crippen LogP contribution in [0.25, 0.3) is 0 Å². The van der Waals surface area contributed by atoms with E-state index in [1.165, 1.54) is 24.0 Å². The van der Waals surface area contributed by atoms with Crippen LogP contribution in [0.2, 0.25) is 0 Å². The summed E-state index contributed by atoms with van der Waals surface area (Å²) in [4.78, 5) is 0. The first-order valence-corrected chi connectivity index (χ1v) is 5.44. The molecule has 0 saturated carbocycles. The Morgan fingerprint density at radius 3 is 2.93 bits per heavy atom. The van der Waals surface area contributed by atoms with Gasteiger partial charge in [0.25, 0.3) is 0 Å². The van der Waals surface area contributed by atoms with Crippen molar-refractivity contribution >= 4 is 0 Å². The fourth-order valence-corrected chi connectivity index (χ4v) is 2.50. The van der Waals surface area contributed by atoms with Crippen molar-refractivity contribution in [2.24, 2.45) is 0 Å². The van der Waals surface area contributed by atoms with Gasteiger partial charge in [0.05, 0.1) is 0 Å². The first kappa shape index (κ1) is 9.70. The lowest BCUT2D eigenvalue weighted by atomic mass is 9.70. The molecule has 0 nitrogen and oxygen atoms in total. The number of rotatable bonds is 1. The van der Waals surface area contributed by atoms with Gasteiger partial charge in [-0.1, -0.05) is 19.9 Å². The zero-order valence-corrected chi connectivity index (χ0v) is 8.94. The summed E-state index contributed by atoms with van der Waals surface area (Å²) in [5, 5.41) is 0. The molecule has 0 aromatic heterocycles. The van der Waals surface area contributed by atoms with Gasteiger partial charge in [-0.25, -0.2) is 4.39 Å². The smallest absolute Gasteiger partial charge is 0.123 e. The Bertz CT molecular complexity index is 343. The second kappa shape index (κ2) is 3.38. The second-order valence-electron chi connectivity index (χ2n) is 4.57. The van der Waals surface area contributed by atoms with Crippen LogP contribution in [-0.4, -0.2) is 0 Å². The van der Waals surface area contributed by atoms with Gasteiger partial charge in [-0.15, -0.1) is 0 Å². The highest BCUT2D eigenvalue weighted by molar-refractivity contribution is 5.36. The van der Waals surface area contributed by atoms with Gasteiger partial charge in [-0.3, -0.25) is 0 Å². The van der Waals surface area contributed by atoms with Crippen LogP contribution in [0.3, 0.4) is 0 Å². The Balaban J connectivity index is 2.52. The summed E-state index contributed by atoms with van der Waals surface area (Å²) >= 11 is 0. The number of benzene rings is 1. The van der Waals surface area contributed by atoms with Crippen LogP contribution in [-0.2, 0) is 11.8 Å². The maximum atomic E-state index is 13.2. The first-order chi connectivity index (χ1) is 6.65. The predicted molar refractivity (Wildman–Crippen MR) is 57.0 cm³/mol. The van der Waals surface area contributed by atoms with Crippen molar-refractivity contribution in [1.29, 1.82) is 0 Å². The molecule has 14 heavy (non-hydrogen) atoms. The fraction of sp³-hybridized carbons (Fsp3) is 0.538. The Morgan fingerprint density at radius 2 is 2.21 bits per heavy atom. The molecule has 0 radical (unpaired) electrons. The molecule has 2 rings (SSSR count). The van der Waals surface area contributed by atoms with Crippen molar-refractivity contribution in [3.05, 3.63) is 35.1 Å². The van der Waals surface area contributed by atoms with Gasteiger partial charge in [0.15, 0.2) is 0 Å². The van der Waals surface area contributed by atoms with Crippen LogP contribution in [0, 0.1) is 5.82 Å². The molecule has 1 unspecified atom stereocenters. The van der Waals surface area contributed by atoms with Crippen molar-refractivity contribution in [3.8, 4) is 0 Å². The van der Waals surface area contributed by atoms with E-state index in [0.29, 0.717) is 0 Å². The first-order valence-electron chi connectivity index (χ1n) is 5.44. The molecular formula is C13H17F. The Kier molecular flexibility index (Phi) is 2.34. The van der Waals surface area contributed by atoms with Crippen molar-refractivity contribution in [2.45, 2.75) is 44.9 Å². The predicted octanol–water partition coefficient (Wildman–Crippen LogP) is 3.83. The number of aryl methyl sites for hydroxylation is 1. The summed E-state index contributed by atoms with van der Waals surface area (Å²) in [7, 11) is 0. The van der Waals surface area contributed by atoms with Gasteiger partial charge in [0.1, 0.15) is 5.82 Å². The third kappa shape index (κ3) is 1.45. The lowest BCUT2D eigenvalue weighted by Crippen LogP contribution is -2.26. The molecule has 1 aromatic rings. The number of halogens is 1. The number of fused-ring (bicyclic) bond motifs is 1. The molecule has 1 heteroatoms. The van der Waals surface area contributed by atoms with E-state index in [1.807, 2.05) is 6.07 Å². The van der Waals surface area contributed by atoms with Crippen LogP contribution in [0.15, 0.2) is 18.2 Å². The zero-order chi connectivity index (χ0) is 10.2. The van der Waals surface area contributed by atoms with E-state index < -0.39 is 0 Å². The third-order valence-corrected chi connectivity index (χ3v) is 3.68. The average Bonchev–Trinajstić information content (AvgIpc) is 2.20. The molecule has 0 spiro atoms. The minimum Gasteiger partial charge on any atom is -0.207 e. The van der Waals surface area contributed by atoms with Gasteiger partial charge in [-0.2, -0.15) is 0 Å². The normalized spacial score (nSPS) is 25.9. The molecule has 1 aliphatic rings. The standard InChI is InChI=1S/C13H17F/c1-3-13(2)8-4-5-10-6-7-11(14)9-12(10)13/h6-7,9H,3-5,8H2,1-2H3. The minimum absolute atomic E-state index is 0.0923. The van der Waals surface area contributed by atoms with E-state index in [9.17, 15) is 4.39 Å². The molecule has 1 aromatic carbocycles. The summed E-state index contributed by atoms with van der Waals surface area (Å²) in [5.74, 6) is -0.0923. The molecule has 0 N–H and O–H groups in total. The van der Waals surface area contributed by atoms with Crippen LogP contribution in [0.4, 0.5) is 4.39 Å². The second-order valence-corrected chi connectivity index (χ2v) is 4.57. The molecule has 0 fully saturated rings. The lowest BCUT2D eigenvalue weighted by Gasteiger charge is -2.35. The van der Waals surface area contributed by atoms with Gasteiger partial charge in [0.2, 0.25) is 0 Å². The van der Waals surface area contributed by atoms with E-state index in [2.05, 4.69) is 13.8 Å². The average molecular weight is 192 g/mol. The van der Waals surface area contributed by atoms with E-state index >= 15 is 0 Å². The summed E-state index contributed by atoms with van der Waals surface area (Å²) < 4.78 is 13.2. The van der Waals surface area contributed by atoms with E-state index in [4.69, 9.17) is 0 Å². The number of hydrogen-bond acceptors (Lipinski definition) is 0. The highest BCUT2D eigenvalue weighted by atomic mass is 19.1. The molecule has 76 valence electrons. The Hall–Kier alpha value is -0.850. The SMILES string of the molecule is CCC1(C)CCCc2ccc(F)cc21. The summed E-state index contributed by atoms with van der Waals surface area (Å²) in [6.45, 7) is 4.45. The highest BCUT2D eigenvalue weighted by Gasteiger charge is 2.30. The minimum atomic E-state index is -0.0923. The molecule has 0 saturated heterocycles. The van der Waals surface area contributed by atoms with E-state index in [1.54, 1.807) is 12.1 Å². The Labute approximate surface area is 85.1 Å². The van der Waals surface area contributed by atoms with E-state index in [-0.39, 0.29) is 11.2 Å². The van der Waals surface area contributed by atoms with Crippen LogP contribution in [0.1, 0.15) is 44.2 Å². The summed E-state index contributed by atoms with van der Waals surface area (Å²) in [6.07, 6.45) is 4.65. The molecule has 1 aliphatic carbocycles. The number of hydrogen-bond donors (Lipinski definition) is 0. The van der Waals surface area contributed by atoms with Crippen LogP contribution in [0.5, 0.6) is 0 Å². The third-order valence-electron chi connectivity index (χ3n) is 3.68.